The fourth-order valence-corrected chi connectivity index (χ4v) is 12.1. The number of para-hydroxylation sites is 1. The summed E-state index contributed by atoms with van der Waals surface area (Å²) < 4.78 is 2.53. The highest BCUT2D eigenvalue weighted by molar-refractivity contribution is 6.28. The van der Waals surface area contributed by atoms with Crippen molar-refractivity contribution in [3.8, 4) is 50.2 Å². The molecule has 0 amide bonds. The van der Waals surface area contributed by atoms with Gasteiger partial charge in [0.25, 0.3) is 0 Å². The van der Waals surface area contributed by atoms with Crippen molar-refractivity contribution in [3.05, 3.63) is 253 Å². The largest absolute Gasteiger partial charge is 0.309 e. The maximum atomic E-state index is 2.55. The first-order valence-electron chi connectivity index (χ1n) is 27.7. The first kappa shape index (κ1) is 48.9. The van der Waals surface area contributed by atoms with Crippen LogP contribution < -0.4 is 4.90 Å². The maximum Gasteiger partial charge on any atom is 0.0618 e. The van der Waals surface area contributed by atoms with E-state index in [1.54, 1.807) is 0 Å². The summed E-state index contributed by atoms with van der Waals surface area (Å²) in [6, 6.07) is 89.0. The van der Waals surface area contributed by atoms with Crippen LogP contribution in [-0.2, 0) is 16.2 Å². The highest BCUT2D eigenvalue weighted by Crippen LogP contribution is 2.51. The summed E-state index contributed by atoms with van der Waals surface area (Å²) in [6.45, 7) is 20.8. The van der Waals surface area contributed by atoms with Crippen LogP contribution in [0, 0.1) is 0 Å². The second-order valence-corrected chi connectivity index (χ2v) is 24.6. The van der Waals surface area contributed by atoms with Crippen LogP contribution >= 0.6 is 0 Å². The Morgan fingerprint density at radius 2 is 0.756 bits per heavy atom. The summed E-state index contributed by atoms with van der Waals surface area (Å²) in [6.07, 6.45) is 0. The minimum absolute atomic E-state index is 0.0129. The number of aromatic nitrogens is 1. The molecule has 13 aromatic rings. The van der Waals surface area contributed by atoms with E-state index in [-0.39, 0.29) is 16.2 Å². The number of anilines is 3. The quantitative estimate of drug-likeness (QED) is 0.138. The second kappa shape index (κ2) is 18.5. The monoisotopic (exact) mass is 1010 g/mol. The molecular weight excluding hydrogens is 941 g/mol. The van der Waals surface area contributed by atoms with Crippen molar-refractivity contribution in [2.45, 2.75) is 78.6 Å². The Morgan fingerprint density at radius 1 is 0.308 bits per heavy atom. The van der Waals surface area contributed by atoms with Gasteiger partial charge in [-0.25, -0.2) is 0 Å². The van der Waals surface area contributed by atoms with Gasteiger partial charge < -0.3 is 9.47 Å². The van der Waals surface area contributed by atoms with Crippen molar-refractivity contribution in [1.29, 1.82) is 0 Å². The van der Waals surface area contributed by atoms with Crippen molar-refractivity contribution in [2.24, 2.45) is 0 Å². The van der Waals surface area contributed by atoms with Gasteiger partial charge in [-0.15, -0.1) is 0 Å². The predicted octanol–water partition coefficient (Wildman–Crippen LogP) is 21.7. The molecule has 0 aliphatic carbocycles. The molecule has 1 heterocycles. The van der Waals surface area contributed by atoms with Crippen molar-refractivity contribution in [1.82, 2.24) is 4.57 Å². The third-order valence-electron chi connectivity index (χ3n) is 16.4. The number of hydrogen-bond donors (Lipinski definition) is 0. The van der Waals surface area contributed by atoms with Gasteiger partial charge in [0.05, 0.1) is 28.1 Å². The Kier molecular flexibility index (Phi) is 11.6. The summed E-state index contributed by atoms with van der Waals surface area (Å²) in [5.41, 5.74) is 20.5. The van der Waals surface area contributed by atoms with Gasteiger partial charge >= 0.3 is 0 Å². The van der Waals surface area contributed by atoms with E-state index in [4.69, 9.17) is 0 Å². The third-order valence-corrected chi connectivity index (χ3v) is 16.4. The van der Waals surface area contributed by atoms with Crippen LogP contribution in [0.4, 0.5) is 17.1 Å². The fourth-order valence-electron chi connectivity index (χ4n) is 12.1. The third kappa shape index (κ3) is 8.43. The van der Waals surface area contributed by atoms with E-state index in [2.05, 4.69) is 308 Å². The number of hydrogen-bond acceptors (Lipinski definition) is 1. The van der Waals surface area contributed by atoms with E-state index >= 15 is 0 Å². The Balaban J connectivity index is 1.07. The molecule has 78 heavy (non-hydrogen) atoms. The molecule has 0 aliphatic rings. The molecular formula is C76H66N2. The van der Waals surface area contributed by atoms with E-state index < -0.39 is 0 Å². The van der Waals surface area contributed by atoms with Gasteiger partial charge in [0, 0.05) is 38.4 Å². The van der Waals surface area contributed by atoms with Gasteiger partial charge in [0.1, 0.15) is 0 Å². The van der Waals surface area contributed by atoms with Gasteiger partial charge in [-0.2, -0.15) is 0 Å². The van der Waals surface area contributed by atoms with E-state index in [1.807, 2.05) is 0 Å². The summed E-state index contributed by atoms with van der Waals surface area (Å²) in [5, 5.41) is 10.0. The summed E-state index contributed by atoms with van der Waals surface area (Å²) in [5.74, 6) is 0. The predicted molar refractivity (Wildman–Crippen MR) is 337 cm³/mol. The summed E-state index contributed by atoms with van der Waals surface area (Å²) in [7, 11) is 0. The fraction of sp³-hybridized carbons (Fsp3) is 0.158. The summed E-state index contributed by atoms with van der Waals surface area (Å²) >= 11 is 0. The average molecular weight is 1010 g/mol. The standard InChI is InChI=1S/C76H66N2/c1-74(2,3)57-34-42-69-65(47-57)66-48-58(75(4,5)6)35-43-70(66)78(69)68-41-33-54-30-38-63-67(40-32-53-31-39-64(68)72(54)71(53)63)77(73-61(51-22-15-11-16-23-51)26-19-27-62(73)52-24-17-12-18-25-52)60-36-28-50(29-37-60)56-44-55(49-20-13-10-14-21-49)45-59(46-56)76(7,8)9/h10-48H,1-9H3. The topological polar surface area (TPSA) is 8.17 Å². The first-order valence-corrected chi connectivity index (χ1v) is 27.7. The van der Waals surface area contributed by atoms with Crippen LogP contribution in [0.2, 0.25) is 0 Å². The highest BCUT2D eigenvalue weighted by Gasteiger charge is 2.27. The molecule has 0 saturated carbocycles. The lowest BCUT2D eigenvalue weighted by atomic mass is 9.83. The van der Waals surface area contributed by atoms with Gasteiger partial charge in [0.15, 0.2) is 0 Å². The maximum absolute atomic E-state index is 2.55. The lowest BCUT2D eigenvalue weighted by Crippen LogP contribution is -2.13. The van der Waals surface area contributed by atoms with Crippen molar-refractivity contribution in [3.63, 3.8) is 0 Å². The molecule has 0 fully saturated rings. The number of rotatable bonds is 8. The van der Waals surface area contributed by atoms with Crippen LogP contribution in [0.5, 0.6) is 0 Å². The summed E-state index contributed by atoms with van der Waals surface area (Å²) in [4.78, 5) is 2.55. The lowest BCUT2D eigenvalue weighted by molar-refractivity contribution is 0.590. The average Bonchev–Trinajstić information content (AvgIpc) is 3.99. The van der Waals surface area contributed by atoms with Crippen molar-refractivity contribution >= 4 is 71.2 Å². The molecule has 0 bridgehead atoms. The normalized spacial score (nSPS) is 12.4. The SMILES string of the molecule is CC(C)(C)c1cc(-c2ccccc2)cc(-c2ccc(N(c3c(-c4ccccc4)cccc3-c3ccccc3)c3ccc4ccc5c(-n6c7ccc(C(C)(C)C)cc7c7cc(C(C)(C)C)ccc76)ccc6ccc3c4c65)cc2)c1. The molecule has 0 spiro atoms. The Hall–Kier alpha value is -8.72. The van der Waals surface area contributed by atoms with Crippen LogP contribution in [0.1, 0.15) is 79.0 Å². The van der Waals surface area contributed by atoms with Crippen LogP contribution in [0.3, 0.4) is 0 Å². The molecule has 0 unspecified atom stereocenters. The van der Waals surface area contributed by atoms with Gasteiger partial charge in [-0.1, -0.05) is 244 Å². The zero-order valence-electron chi connectivity index (χ0n) is 46.4. The molecule has 380 valence electrons. The van der Waals surface area contributed by atoms with E-state index in [0.29, 0.717) is 0 Å². The van der Waals surface area contributed by atoms with Gasteiger partial charge in [0.2, 0.25) is 0 Å². The molecule has 2 nitrogen and oxygen atoms in total. The minimum atomic E-state index is -0.0309. The van der Waals surface area contributed by atoms with Crippen LogP contribution in [0.25, 0.3) is 104 Å². The minimum Gasteiger partial charge on any atom is -0.309 e. The molecule has 12 aromatic carbocycles. The molecule has 0 saturated heterocycles. The molecule has 0 atom stereocenters. The molecule has 0 N–H and O–H groups in total. The van der Waals surface area contributed by atoms with Gasteiger partial charge in [-0.3, -0.25) is 0 Å². The zero-order valence-corrected chi connectivity index (χ0v) is 46.4. The van der Waals surface area contributed by atoms with Gasteiger partial charge in [-0.05, 0) is 142 Å². The number of nitrogens with zero attached hydrogens (tertiary/aromatic N) is 2. The first-order chi connectivity index (χ1) is 37.6. The molecule has 0 radical (unpaired) electrons. The van der Waals surface area contributed by atoms with E-state index in [9.17, 15) is 0 Å². The molecule has 13 rings (SSSR count). The molecule has 2 heteroatoms. The molecule has 0 aliphatic heterocycles. The number of fused-ring (bicyclic) bond motifs is 3. The smallest absolute Gasteiger partial charge is 0.0618 e. The molecule has 1 aromatic heterocycles. The van der Waals surface area contributed by atoms with Crippen molar-refractivity contribution < 1.29 is 0 Å². The van der Waals surface area contributed by atoms with E-state index in [1.165, 1.54) is 98.8 Å². The number of benzene rings is 12. The van der Waals surface area contributed by atoms with Crippen LogP contribution in [0.15, 0.2) is 237 Å². The van der Waals surface area contributed by atoms with E-state index in [0.717, 1.165) is 39.3 Å². The Labute approximate surface area is 460 Å². The van der Waals surface area contributed by atoms with Crippen molar-refractivity contribution in [2.75, 3.05) is 4.90 Å². The Bertz CT molecular complexity index is 4260. The highest BCUT2D eigenvalue weighted by atomic mass is 15.1. The lowest BCUT2D eigenvalue weighted by Gasteiger charge is -2.32. The van der Waals surface area contributed by atoms with Crippen LogP contribution in [-0.4, -0.2) is 4.57 Å². The second-order valence-electron chi connectivity index (χ2n) is 24.6. The zero-order chi connectivity index (χ0) is 53.7. The Morgan fingerprint density at radius 3 is 1.27 bits per heavy atom.